The Bertz CT molecular complexity index is 452. The van der Waals surface area contributed by atoms with Crippen LogP contribution in [0, 0.1) is 13.8 Å². The fourth-order valence-corrected chi connectivity index (χ4v) is 1.80. The Morgan fingerprint density at radius 3 is 2.36 bits per heavy atom. The predicted molar refractivity (Wildman–Crippen MR) is 58.8 cm³/mol. The molecule has 0 aliphatic rings. The van der Waals surface area contributed by atoms with E-state index in [-0.39, 0.29) is 0 Å². The largest absolute Gasteiger partial charge is 0.398 e. The van der Waals surface area contributed by atoms with Gasteiger partial charge in [-0.15, -0.1) is 0 Å². The molecule has 0 unspecified atom stereocenters. The molecule has 0 aromatic heterocycles. The van der Waals surface area contributed by atoms with Gasteiger partial charge in [-0.05, 0) is 37.1 Å². The second kappa shape index (κ2) is 3.49. The van der Waals surface area contributed by atoms with Gasteiger partial charge in [0, 0.05) is 5.69 Å². The third-order valence-electron chi connectivity index (χ3n) is 1.89. The van der Waals surface area contributed by atoms with Crippen molar-refractivity contribution in [3.05, 3.63) is 23.3 Å². The Morgan fingerprint density at radius 2 is 1.86 bits per heavy atom. The van der Waals surface area contributed by atoms with Crippen LogP contribution in [-0.2, 0) is 10.0 Å². The molecule has 0 aliphatic heterocycles. The van der Waals surface area contributed by atoms with E-state index in [1.165, 1.54) is 0 Å². The molecule has 0 radical (unpaired) electrons. The third-order valence-corrected chi connectivity index (χ3v) is 2.48. The van der Waals surface area contributed by atoms with Gasteiger partial charge in [-0.1, -0.05) is 0 Å². The molecule has 0 saturated carbocycles. The fraction of sp³-hybridized carbons (Fsp3) is 0.333. The van der Waals surface area contributed by atoms with Gasteiger partial charge >= 0.3 is 0 Å². The lowest BCUT2D eigenvalue weighted by Gasteiger charge is -2.10. The maximum atomic E-state index is 11.0. The lowest BCUT2D eigenvalue weighted by molar-refractivity contribution is 0.607. The van der Waals surface area contributed by atoms with Gasteiger partial charge in [0.15, 0.2) is 0 Å². The standard InChI is InChI=1S/C9H14N2O2S/c1-6-4-8(10)7(2)9(5-6)11-14(3,12)13/h4-5,11H,10H2,1-3H3. The Hall–Kier alpha value is -1.23. The number of sulfonamides is 1. The molecule has 0 spiro atoms. The maximum Gasteiger partial charge on any atom is 0.229 e. The van der Waals surface area contributed by atoms with Gasteiger partial charge < -0.3 is 5.73 Å². The highest BCUT2D eigenvalue weighted by Gasteiger charge is 2.07. The second-order valence-corrected chi connectivity index (χ2v) is 5.15. The SMILES string of the molecule is Cc1cc(N)c(C)c(NS(C)(=O)=O)c1. The van der Waals surface area contributed by atoms with E-state index in [1.54, 1.807) is 13.0 Å². The monoisotopic (exact) mass is 214 g/mol. The van der Waals surface area contributed by atoms with Crippen molar-refractivity contribution in [2.45, 2.75) is 13.8 Å². The van der Waals surface area contributed by atoms with Crippen molar-refractivity contribution in [2.24, 2.45) is 0 Å². The number of nitrogens with two attached hydrogens (primary N) is 1. The third kappa shape index (κ3) is 2.63. The van der Waals surface area contributed by atoms with E-state index < -0.39 is 10.0 Å². The van der Waals surface area contributed by atoms with Crippen LogP contribution in [-0.4, -0.2) is 14.7 Å². The molecule has 0 aliphatic carbocycles. The molecular weight excluding hydrogens is 200 g/mol. The summed E-state index contributed by atoms with van der Waals surface area (Å²) >= 11 is 0. The zero-order valence-corrected chi connectivity index (χ0v) is 9.27. The summed E-state index contributed by atoms with van der Waals surface area (Å²) in [5, 5.41) is 0. The van der Waals surface area contributed by atoms with Gasteiger partial charge in [-0.3, -0.25) is 4.72 Å². The Kier molecular flexibility index (Phi) is 2.71. The highest BCUT2D eigenvalue weighted by molar-refractivity contribution is 7.92. The van der Waals surface area contributed by atoms with E-state index in [0.29, 0.717) is 11.4 Å². The van der Waals surface area contributed by atoms with Crippen LogP contribution in [0.2, 0.25) is 0 Å². The molecule has 0 bridgehead atoms. The fourth-order valence-electron chi connectivity index (χ4n) is 1.19. The van der Waals surface area contributed by atoms with Crippen LogP contribution < -0.4 is 10.5 Å². The zero-order chi connectivity index (χ0) is 10.9. The number of benzene rings is 1. The van der Waals surface area contributed by atoms with Crippen molar-refractivity contribution in [1.29, 1.82) is 0 Å². The van der Waals surface area contributed by atoms with Crippen molar-refractivity contribution >= 4 is 21.4 Å². The predicted octanol–water partition coefficient (Wildman–Crippen LogP) is 1.26. The summed E-state index contributed by atoms with van der Waals surface area (Å²) in [4.78, 5) is 0. The van der Waals surface area contributed by atoms with Crippen molar-refractivity contribution in [3.63, 3.8) is 0 Å². The molecule has 0 fully saturated rings. The molecule has 0 saturated heterocycles. The number of aryl methyl sites for hydroxylation is 1. The minimum absolute atomic E-state index is 0.546. The van der Waals surface area contributed by atoms with E-state index >= 15 is 0 Å². The van der Waals surface area contributed by atoms with Crippen LogP contribution in [0.5, 0.6) is 0 Å². The first-order valence-corrected chi connectivity index (χ1v) is 6.03. The minimum atomic E-state index is -3.24. The molecule has 1 aromatic carbocycles. The number of nitrogen functional groups attached to an aromatic ring is 1. The van der Waals surface area contributed by atoms with Crippen molar-refractivity contribution in [1.82, 2.24) is 0 Å². The van der Waals surface area contributed by atoms with E-state index in [9.17, 15) is 8.42 Å². The van der Waals surface area contributed by atoms with E-state index in [4.69, 9.17) is 5.73 Å². The van der Waals surface area contributed by atoms with E-state index in [1.807, 2.05) is 13.0 Å². The molecule has 4 nitrogen and oxygen atoms in total. The molecule has 3 N–H and O–H groups in total. The molecule has 0 atom stereocenters. The van der Waals surface area contributed by atoms with Gasteiger partial charge in [-0.2, -0.15) is 0 Å². The minimum Gasteiger partial charge on any atom is -0.398 e. The lowest BCUT2D eigenvalue weighted by Crippen LogP contribution is -2.11. The highest BCUT2D eigenvalue weighted by atomic mass is 32.2. The molecule has 14 heavy (non-hydrogen) atoms. The Labute approximate surface area is 84.2 Å². The summed E-state index contributed by atoms with van der Waals surface area (Å²) in [7, 11) is -3.24. The smallest absolute Gasteiger partial charge is 0.229 e. The zero-order valence-electron chi connectivity index (χ0n) is 8.46. The van der Waals surface area contributed by atoms with Crippen molar-refractivity contribution in [3.8, 4) is 0 Å². The van der Waals surface area contributed by atoms with Gasteiger partial charge in [0.1, 0.15) is 0 Å². The first-order valence-electron chi connectivity index (χ1n) is 4.14. The number of rotatable bonds is 2. The van der Waals surface area contributed by atoms with E-state index in [2.05, 4.69) is 4.72 Å². The summed E-state index contributed by atoms with van der Waals surface area (Å²) in [6.07, 6.45) is 1.12. The molecule has 0 heterocycles. The average Bonchev–Trinajstić information content (AvgIpc) is 1.96. The normalized spacial score (nSPS) is 11.4. The molecule has 0 amide bonds. The summed E-state index contributed by atoms with van der Waals surface area (Å²) in [5.74, 6) is 0. The summed E-state index contributed by atoms with van der Waals surface area (Å²) < 4.78 is 24.5. The van der Waals surface area contributed by atoms with Crippen LogP contribution in [0.25, 0.3) is 0 Å². The molecular formula is C9H14N2O2S. The highest BCUT2D eigenvalue weighted by Crippen LogP contribution is 2.23. The van der Waals surface area contributed by atoms with Crippen LogP contribution >= 0.6 is 0 Å². The number of hydrogen-bond acceptors (Lipinski definition) is 3. The van der Waals surface area contributed by atoms with Gasteiger partial charge in [0.25, 0.3) is 0 Å². The number of anilines is 2. The van der Waals surface area contributed by atoms with Crippen molar-refractivity contribution < 1.29 is 8.42 Å². The molecule has 1 rings (SSSR count). The number of nitrogens with one attached hydrogen (secondary N) is 1. The Morgan fingerprint density at radius 1 is 1.29 bits per heavy atom. The summed E-state index contributed by atoms with van der Waals surface area (Å²) in [6.45, 7) is 3.64. The molecule has 1 aromatic rings. The Balaban J connectivity index is 3.22. The van der Waals surface area contributed by atoms with Gasteiger partial charge in [0.05, 0.1) is 11.9 Å². The van der Waals surface area contributed by atoms with Gasteiger partial charge in [0.2, 0.25) is 10.0 Å². The van der Waals surface area contributed by atoms with E-state index in [0.717, 1.165) is 17.4 Å². The topological polar surface area (TPSA) is 72.2 Å². The lowest BCUT2D eigenvalue weighted by atomic mass is 10.1. The first-order chi connectivity index (χ1) is 6.29. The van der Waals surface area contributed by atoms with Crippen LogP contribution in [0.15, 0.2) is 12.1 Å². The van der Waals surface area contributed by atoms with Crippen LogP contribution in [0.3, 0.4) is 0 Å². The second-order valence-electron chi connectivity index (χ2n) is 3.40. The first kappa shape index (κ1) is 10.8. The summed E-state index contributed by atoms with van der Waals surface area (Å²) in [5.41, 5.74) is 8.53. The average molecular weight is 214 g/mol. The number of hydrogen-bond donors (Lipinski definition) is 2. The molecule has 78 valence electrons. The van der Waals surface area contributed by atoms with Crippen molar-refractivity contribution in [2.75, 3.05) is 16.7 Å². The molecule has 5 heteroatoms. The summed E-state index contributed by atoms with van der Waals surface area (Å²) in [6, 6.07) is 3.57. The maximum absolute atomic E-state index is 11.0. The van der Waals surface area contributed by atoms with Crippen LogP contribution in [0.4, 0.5) is 11.4 Å². The van der Waals surface area contributed by atoms with Crippen LogP contribution in [0.1, 0.15) is 11.1 Å². The quantitative estimate of drug-likeness (QED) is 0.728. The van der Waals surface area contributed by atoms with Gasteiger partial charge in [-0.25, -0.2) is 8.42 Å².